The topological polar surface area (TPSA) is 96.7 Å². The van der Waals surface area contributed by atoms with Crippen molar-refractivity contribution >= 4 is 11.0 Å². The van der Waals surface area contributed by atoms with Gasteiger partial charge in [0.15, 0.2) is 5.52 Å². The standard InChI is InChI=1S/C19H13F6N5O2/c1-29-15(13-14(28-29)16(31)30(8-27-13)11-3-4-11)17(32,19(23,24)25)10-2-5-12(18(20,21)22)9(6-10)7-26/h2,5-6,8,11,32H,3-4H2,1H3/t17-/m1/s1. The van der Waals surface area contributed by atoms with Gasteiger partial charge in [0.1, 0.15) is 11.2 Å². The van der Waals surface area contributed by atoms with E-state index in [9.17, 15) is 36.2 Å². The van der Waals surface area contributed by atoms with E-state index in [1.807, 2.05) is 0 Å². The van der Waals surface area contributed by atoms with Crippen LogP contribution < -0.4 is 5.56 Å². The van der Waals surface area contributed by atoms with Gasteiger partial charge in [0.25, 0.3) is 5.56 Å². The number of aromatic nitrogens is 4. The summed E-state index contributed by atoms with van der Waals surface area (Å²) in [6, 6.07) is 2.11. The van der Waals surface area contributed by atoms with Crippen LogP contribution in [-0.4, -0.2) is 30.6 Å². The van der Waals surface area contributed by atoms with Gasteiger partial charge >= 0.3 is 12.4 Å². The smallest absolute Gasteiger partial charge is 0.371 e. The van der Waals surface area contributed by atoms with Crippen LogP contribution in [0.4, 0.5) is 26.3 Å². The van der Waals surface area contributed by atoms with E-state index in [4.69, 9.17) is 5.26 Å². The van der Waals surface area contributed by atoms with Gasteiger partial charge in [-0.3, -0.25) is 14.0 Å². The zero-order valence-corrected chi connectivity index (χ0v) is 16.2. The van der Waals surface area contributed by atoms with Gasteiger partial charge in [0, 0.05) is 18.7 Å². The van der Waals surface area contributed by atoms with Crippen LogP contribution in [0.1, 0.15) is 41.3 Å². The lowest BCUT2D eigenvalue weighted by atomic mass is 9.86. The molecule has 0 spiro atoms. The maximum absolute atomic E-state index is 14.2. The Kier molecular flexibility index (Phi) is 4.63. The Morgan fingerprint density at radius 1 is 1.16 bits per heavy atom. The highest BCUT2D eigenvalue weighted by Gasteiger charge is 2.59. The first-order valence-electron chi connectivity index (χ1n) is 9.16. The number of alkyl halides is 6. The number of halogens is 6. The number of nitriles is 1. The van der Waals surface area contributed by atoms with Gasteiger partial charge in [0.2, 0.25) is 5.60 Å². The van der Waals surface area contributed by atoms with E-state index < -0.39 is 56.9 Å². The Morgan fingerprint density at radius 2 is 1.81 bits per heavy atom. The van der Waals surface area contributed by atoms with Gasteiger partial charge in [-0.25, -0.2) is 4.98 Å². The Hall–Kier alpha value is -3.40. The number of hydrogen-bond donors (Lipinski definition) is 1. The fraction of sp³-hybridized carbons (Fsp3) is 0.368. The summed E-state index contributed by atoms with van der Waals surface area (Å²) in [6.45, 7) is 0. The molecule has 0 radical (unpaired) electrons. The predicted octanol–water partition coefficient (Wildman–Crippen LogP) is 3.15. The first kappa shape index (κ1) is 21.8. The molecule has 1 saturated carbocycles. The molecule has 1 atom stereocenters. The molecular weight excluding hydrogens is 444 g/mol. The molecule has 1 aromatic carbocycles. The van der Waals surface area contributed by atoms with Crippen molar-refractivity contribution in [2.75, 3.05) is 0 Å². The van der Waals surface area contributed by atoms with E-state index in [-0.39, 0.29) is 12.1 Å². The number of aliphatic hydroxyl groups is 1. The summed E-state index contributed by atoms with van der Waals surface area (Å²) in [5, 5.41) is 23.8. The third-order valence-electron chi connectivity index (χ3n) is 5.33. The van der Waals surface area contributed by atoms with Gasteiger partial charge in [-0.1, -0.05) is 6.07 Å². The fourth-order valence-electron chi connectivity index (χ4n) is 3.64. The molecule has 0 unspecified atom stereocenters. The van der Waals surface area contributed by atoms with Crippen LogP contribution >= 0.6 is 0 Å². The third kappa shape index (κ3) is 3.13. The minimum atomic E-state index is -5.47. The van der Waals surface area contributed by atoms with Crippen LogP contribution in [0.15, 0.2) is 29.3 Å². The van der Waals surface area contributed by atoms with Gasteiger partial charge in [-0.15, -0.1) is 0 Å². The molecule has 0 saturated heterocycles. The average molecular weight is 457 g/mol. The molecule has 4 rings (SSSR count). The summed E-state index contributed by atoms with van der Waals surface area (Å²) < 4.78 is 83.9. The molecule has 2 aromatic heterocycles. The zero-order chi connectivity index (χ0) is 23.6. The maximum atomic E-state index is 14.2. The Bertz CT molecular complexity index is 1330. The van der Waals surface area contributed by atoms with Crippen LogP contribution in [0.3, 0.4) is 0 Å². The maximum Gasteiger partial charge on any atom is 0.427 e. The third-order valence-corrected chi connectivity index (χ3v) is 5.33. The molecule has 0 amide bonds. The summed E-state index contributed by atoms with van der Waals surface area (Å²) in [7, 11) is 1.05. The first-order chi connectivity index (χ1) is 14.8. The molecular formula is C19H13F6N5O2. The summed E-state index contributed by atoms with van der Waals surface area (Å²) in [5.41, 5.74) is -10.1. The highest BCUT2D eigenvalue weighted by molar-refractivity contribution is 5.78. The lowest BCUT2D eigenvalue weighted by Gasteiger charge is -2.31. The molecule has 0 aliphatic heterocycles. The molecule has 1 aliphatic carbocycles. The number of fused-ring (bicyclic) bond motifs is 1. The van der Waals surface area contributed by atoms with Crippen LogP contribution in [0, 0.1) is 11.3 Å². The van der Waals surface area contributed by atoms with Gasteiger partial charge in [-0.2, -0.15) is 36.7 Å². The highest BCUT2D eigenvalue weighted by Crippen LogP contribution is 2.47. The molecule has 1 aliphatic rings. The van der Waals surface area contributed by atoms with E-state index in [1.54, 1.807) is 0 Å². The van der Waals surface area contributed by atoms with Crippen molar-refractivity contribution in [3.8, 4) is 6.07 Å². The molecule has 2 heterocycles. The van der Waals surface area contributed by atoms with Crippen molar-refractivity contribution in [3.05, 3.63) is 57.3 Å². The number of aryl methyl sites for hydroxylation is 1. The monoisotopic (exact) mass is 457 g/mol. The quantitative estimate of drug-likeness (QED) is 0.610. The summed E-state index contributed by atoms with van der Waals surface area (Å²) in [5.74, 6) is 0. The SMILES string of the molecule is Cn1nc2c(=O)n(C3CC3)cnc2c1[C@](O)(c1ccc(C(F)(F)F)c(C#N)c1)C(F)(F)F. The predicted molar refractivity (Wildman–Crippen MR) is 96.3 cm³/mol. The number of benzene rings is 1. The molecule has 13 heteroatoms. The first-order valence-corrected chi connectivity index (χ1v) is 9.16. The van der Waals surface area contributed by atoms with E-state index in [0.29, 0.717) is 29.7 Å². The van der Waals surface area contributed by atoms with E-state index in [1.165, 1.54) is 10.6 Å². The molecule has 168 valence electrons. The van der Waals surface area contributed by atoms with Crippen molar-refractivity contribution in [1.29, 1.82) is 5.26 Å². The van der Waals surface area contributed by atoms with E-state index in [0.717, 1.165) is 13.4 Å². The molecule has 0 bridgehead atoms. The Morgan fingerprint density at radius 3 is 2.34 bits per heavy atom. The van der Waals surface area contributed by atoms with Crippen molar-refractivity contribution in [2.45, 2.75) is 36.8 Å². The van der Waals surface area contributed by atoms with Crippen LogP contribution in [0.5, 0.6) is 0 Å². The highest BCUT2D eigenvalue weighted by atomic mass is 19.4. The van der Waals surface area contributed by atoms with Gasteiger partial charge in [-0.05, 0) is 25.0 Å². The molecule has 1 N–H and O–H groups in total. The fourth-order valence-corrected chi connectivity index (χ4v) is 3.64. The number of rotatable bonds is 3. The summed E-state index contributed by atoms with van der Waals surface area (Å²) >= 11 is 0. The van der Waals surface area contributed by atoms with Crippen LogP contribution in [0.25, 0.3) is 11.0 Å². The number of hydrogen-bond acceptors (Lipinski definition) is 5. The molecule has 1 fully saturated rings. The normalized spacial score (nSPS) is 16.7. The van der Waals surface area contributed by atoms with E-state index in [2.05, 4.69) is 10.1 Å². The second-order valence-electron chi connectivity index (χ2n) is 7.44. The van der Waals surface area contributed by atoms with Crippen LogP contribution in [-0.2, 0) is 18.8 Å². The molecule has 3 aromatic rings. The van der Waals surface area contributed by atoms with Crippen molar-refractivity contribution in [3.63, 3.8) is 0 Å². The van der Waals surface area contributed by atoms with E-state index >= 15 is 0 Å². The van der Waals surface area contributed by atoms with Crippen molar-refractivity contribution < 1.29 is 31.4 Å². The largest absolute Gasteiger partial charge is 0.427 e. The Balaban J connectivity index is 2.01. The second-order valence-corrected chi connectivity index (χ2v) is 7.44. The van der Waals surface area contributed by atoms with Gasteiger partial charge in [0.05, 0.1) is 23.5 Å². The molecule has 32 heavy (non-hydrogen) atoms. The van der Waals surface area contributed by atoms with Crippen molar-refractivity contribution in [1.82, 2.24) is 19.3 Å². The van der Waals surface area contributed by atoms with Crippen LogP contribution in [0.2, 0.25) is 0 Å². The molecule has 7 nitrogen and oxygen atoms in total. The van der Waals surface area contributed by atoms with Gasteiger partial charge < -0.3 is 5.11 Å². The Labute approximate surface area is 175 Å². The lowest BCUT2D eigenvalue weighted by molar-refractivity contribution is -0.250. The second kappa shape index (κ2) is 6.80. The lowest BCUT2D eigenvalue weighted by Crippen LogP contribution is -2.45. The zero-order valence-electron chi connectivity index (χ0n) is 16.2. The number of nitrogens with zero attached hydrogens (tertiary/aromatic N) is 5. The minimum Gasteiger partial charge on any atom is -0.371 e. The summed E-state index contributed by atoms with van der Waals surface area (Å²) in [6.07, 6.45) is -8.01. The summed E-state index contributed by atoms with van der Waals surface area (Å²) in [4.78, 5) is 16.6. The minimum absolute atomic E-state index is 0.139. The average Bonchev–Trinajstić information content (AvgIpc) is 3.47. The van der Waals surface area contributed by atoms with Crippen molar-refractivity contribution in [2.24, 2.45) is 7.05 Å².